The quantitative estimate of drug-likeness (QED) is 0.711. The summed E-state index contributed by atoms with van der Waals surface area (Å²) in [6, 6.07) is 0. The molecule has 83 valence electrons. The molecule has 1 radical (unpaired) electrons. The maximum Gasteiger partial charge on any atom is 0.224 e. The van der Waals surface area contributed by atoms with Gasteiger partial charge in [0.05, 0.1) is 11.1 Å². The van der Waals surface area contributed by atoms with Crippen molar-refractivity contribution in [1.82, 2.24) is 0 Å². The summed E-state index contributed by atoms with van der Waals surface area (Å²) in [4.78, 5) is 16.5. The molecule has 0 aromatic carbocycles. The Morgan fingerprint density at radius 2 is 2.60 bits per heavy atom. The number of rotatable bonds is 3. The Labute approximate surface area is 89.8 Å². The number of carbonyl (C=O) groups is 1. The molecule has 0 spiro atoms. The lowest BCUT2D eigenvalue weighted by molar-refractivity contribution is -0.125. The van der Waals surface area contributed by atoms with E-state index in [4.69, 9.17) is 10.6 Å². The van der Waals surface area contributed by atoms with Gasteiger partial charge in [0, 0.05) is 6.42 Å². The van der Waals surface area contributed by atoms with Crippen molar-refractivity contribution in [2.75, 3.05) is 6.61 Å². The summed E-state index contributed by atoms with van der Waals surface area (Å²) >= 11 is 0. The molecule has 2 fully saturated rings. The van der Waals surface area contributed by atoms with E-state index in [0.717, 1.165) is 25.0 Å². The van der Waals surface area contributed by atoms with Crippen LogP contribution in [0.2, 0.25) is 0 Å². The first kappa shape index (κ1) is 10.5. The lowest BCUT2D eigenvalue weighted by atomic mass is 9.74. The number of hydrogen-bond donors (Lipinski definition) is 1. The molecule has 4 heteroatoms. The van der Waals surface area contributed by atoms with Gasteiger partial charge < -0.3 is 10.6 Å². The van der Waals surface area contributed by atoms with Gasteiger partial charge in [-0.25, -0.2) is 0 Å². The SMILES string of the molecule is CCON=C1CC2[CH]C(C(N)=O)(CC2)C1. The summed E-state index contributed by atoms with van der Waals surface area (Å²) in [6.45, 7) is 2.47. The minimum absolute atomic E-state index is 0.214. The average molecular weight is 209 g/mol. The van der Waals surface area contributed by atoms with Crippen LogP contribution in [0.1, 0.15) is 32.6 Å². The van der Waals surface area contributed by atoms with E-state index in [1.165, 1.54) is 0 Å². The summed E-state index contributed by atoms with van der Waals surface area (Å²) < 4.78 is 0. The van der Waals surface area contributed by atoms with Crippen LogP contribution < -0.4 is 5.73 Å². The van der Waals surface area contributed by atoms with Crippen molar-refractivity contribution >= 4 is 11.6 Å². The third kappa shape index (κ3) is 1.85. The van der Waals surface area contributed by atoms with E-state index >= 15 is 0 Å². The molecular weight excluding hydrogens is 192 g/mol. The fourth-order valence-corrected chi connectivity index (χ4v) is 2.63. The normalized spacial score (nSPS) is 36.9. The zero-order valence-electron chi connectivity index (χ0n) is 9.03. The van der Waals surface area contributed by atoms with Gasteiger partial charge in [0.2, 0.25) is 5.91 Å². The topological polar surface area (TPSA) is 64.7 Å². The highest BCUT2D eigenvalue weighted by Gasteiger charge is 2.48. The molecule has 2 atom stereocenters. The molecule has 15 heavy (non-hydrogen) atoms. The number of oxime groups is 1. The fraction of sp³-hybridized carbons (Fsp3) is 0.727. The van der Waals surface area contributed by atoms with E-state index in [1.807, 2.05) is 6.92 Å². The van der Waals surface area contributed by atoms with Crippen LogP contribution in [0.4, 0.5) is 0 Å². The van der Waals surface area contributed by atoms with Gasteiger partial charge in [0.1, 0.15) is 6.61 Å². The van der Waals surface area contributed by atoms with Crippen LogP contribution in [0.5, 0.6) is 0 Å². The highest BCUT2D eigenvalue weighted by Crippen LogP contribution is 2.49. The molecule has 2 N–H and O–H groups in total. The van der Waals surface area contributed by atoms with Crippen LogP contribution in [0, 0.1) is 17.8 Å². The highest BCUT2D eigenvalue weighted by atomic mass is 16.6. The monoisotopic (exact) mass is 209 g/mol. The first-order chi connectivity index (χ1) is 7.16. The Morgan fingerprint density at radius 1 is 1.80 bits per heavy atom. The number of hydrogen-bond acceptors (Lipinski definition) is 3. The first-order valence-electron chi connectivity index (χ1n) is 5.50. The maximum absolute atomic E-state index is 11.4. The van der Waals surface area contributed by atoms with Gasteiger partial charge in [-0.2, -0.15) is 0 Å². The zero-order valence-corrected chi connectivity index (χ0v) is 9.03. The Hall–Kier alpha value is -1.06. The lowest BCUT2D eigenvalue weighted by Gasteiger charge is -2.29. The van der Waals surface area contributed by atoms with E-state index in [-0.39, 0.29) is 5.91 Å². The number of nitrogens with zero attached hydrogens (tertiary/aromatic N) is 1. The van der Waals surface area contributed by atoms with Crippen molar-refractivity contribution in [3.05, 3.63) is 6.42 Å². The standard InChI is InChI=1S/C11H17N2O2/c1-2-15-13-9-5-8-3-4-11(6-8,7-9)10(12)14/h6,8H,2-5,7H2,1H3,(H2,12,14). The van der Waals surface area contributed by atoms with Crippen LogP contribution in [-0.2, 0) is 9.63 Å². The van der Waals surface area contributed by atoms with Gasteiger partial charge in [0.15, 0.2) is 0 Å². The molecule has 1 amide bonds. The molecule has 0 aliphatic heterocycles. The molecule has 2 unspecified atom stereocenters. The molecule has 2 rings (SSSR count). The molecule has 2 bridgehead atoms. The molecule has 2 saturated carbocycles. The predicted molar refractivity (Wildman–Crippen MR) is 56.9 cm³/mol. The fourth-order valence-electron chi connectivity index (χ4n) is 2.63. The summed E-state index contributed by atoms with van der Waals surface area (Å²) in [5, 5.41) is 4.06. The Morgan fingerprint density at radius 3 is 3.27 bits per heavy atom. The Bertz CT molecular complexity index is 301. The van der Waals surface area contributed by atoms with Crippen molar-refractivity contribution in [3.8, 4) is 0 Å². The van der Waals surface area contributed by atoms with E-state index in [9.17, 15) is 4.79 Å². The highest BCUT2D eigenvalue weighted by molar-refractivity contribution is 5.95. The second kappa shape index (κ2) is 3.83. The van der Waals surface area contributed by atoms with Gasteiger partial charge in [-0.3, -0.25) is 4.79 Å². The predicted octanol–water partition coefficient (Wildman–Crippen LogP) is 1.26. The summed E-state index contributed by atoms with van der Waals surface area (Å²) in [5.41, 5.74) is 6.02. The number of fused-ring (bicyclic) bond motifs is 2. The Balaban J connectivity index is 2.13. The molecular formula is C11H17N2O2. The summed E-state index contributed by atoms with van der Waals surface area (Å²) in [5.74, 6) is 0.249. The van der Waals surface area contributed by atoms with Gasteiger partial charge in [-0.05, 0) is 38.5 Å². The average Bonchev–Trinajstić information content (AvgIpc) is 2.53. The molecule has 0 saturated heterocycles. The largest absolute Gasteiger partial charge is 0.396 e. The van der Waals surface area contributed by atoms with Crippen molar-refractivity contribution < 1.29 is 9.63 Å². The van der Waals surface area contributed by atoms with Crippen LogP contribution in [0.25, 0.3) is 0 Å². The number of primary amides is 1. The number of amides is 1. The summed E-state index contributed by atoms with van der Waals surface area (Å²) in [7, 11) is 0. The van der Waals surface area contributed by atoms with E-state index in [2.05, 4.69) is 11.6 Å². The van der Waals surface area contributed by atoms with Crippen molar-refractivity contribution in [3.63, 3.8) is 0 Å². The molecule has 2 aliphatic rings. The third-order valence-corrected chi connectivity index (χ3v) is 3.35. The van der Waals surface area contributed by atoms with Crippen molar-refractivity contribution in [1.29, 1.82) is 0 Å². The second-order valence-corrected chi connectivity index (χ2v) is 4.44. The van der Waals surface area contributed by atoms with Crippen LogP contribution in [0.15, 0.2) is 5.16 Å². The van der Waals surface area contributed by atoms with Crippen molar-refractivity contribution in [2.24, 2.45) is 22.2 Å². The van der Waals surface area contributed by atoms with Crippen LogP contribution in [-0.4, -0.2) is 18.2 Å². The van der Waals surface area contributed by atoms with Crippen molar-refractivity contribution in [2.45, 2.75) is 32.6 Å². The van der Waals surface area contributed by atoms with Gasteiger partial charge in [-0.15, -0.1) is 0 Å². The van der Waals surface area contributed by atoms with E-state index in [0.29, 0.717) is 18.9 Å². The second-order valence-electron chi connectivity index (χ2n) is 4.44. The smallest absolute Gasteiger partial charge is 0.224 e. The molecule has 0 aromatic rings. The van der Waals surface area contributed by atoms with Crippen LogP contribution >= 0.6 is 0 Å². The first-order valence-corrected chi connectivity index (χ1v) is 5.50. The lowest BCUT2D eigenvalue weighted by Crippen LogP contribution is -2.39. The molecule has 2 aliphatic carbocycles. The molecule has 4 nitrogen and oxygen atoms in total. The Kier molecular flexibility index (Phi) is 2.67. The van der Waals surface area contributed by atoms with Gasteiger partial charge in [-0.1, -0.05) is 5.16 Å². The molecule has 0 aromatic heterocycles. The number of nitrogens with two attached hydrogens (primary N) is 1. The van der Waals surface area contributed by atoms with E-state index < -0.39 is 5.41 Å². The maximum atomic E-state index is 11.4. The summed E-state index contributed by atoms with van der Waals surface area (Å²) in [6.07, 6.45) is 5.63. The van der Waals surface area contributed by atoms with Gasteiger partial charge in [0.25, 0.3) is 0 Å². The van der Waals surface area contributed by atoms with Crippen LogP contribution in [0.3, 0.4) is 0 Å². The minimum Gasteiger partial charge on any atom is -0.396 e. The number of carbonyl (C=O) groups excluding carboxylic acids is 1. The van der Waals surface area contributed by atoms with E-state index in [1.54, 1.807) is 0 Å². The van der Waals surface area contributed by atoms with Gasteiger partial charge >= 0.3 is 0 Å². The minimum atomic E-state index is -0.432. The third-order valence-electron chi connectivity index (χ3n) is 3.35. The zero-order chi connectivity index (χ0) is 10.9. The molecule has 0 heterocycles.